The lowest BCUT2D eigenvalue weighted by Gasteiger charge is -2.10. The molecule has 4 nitrogen and oxygen atoms in total. The Morgan fingerprint density at radius 2 is 2.16 bits per heavy atom. The van der Waals surface area contributed by atoms with Crippen molar-refractivity contribution in [1.29, 1.82) is 0 Å². The largest absolute Gasteiger partial charge is 0.507 e. The summed E-state index contributed by atoms with van der Waals surface area (Å²) >= 11 is 0. The molecule has 0 fully saturated rings. The average molecular weight is 264 g/mol. The molecule has 0 aliphatic rings. The number of hydrogen-bond acceptors (Lipinski definition) is 4. The van der Waals surface area contributed by atoms with E-state index in [-0.39, 0.29) is 17.2 Å². The van der Waals surface area contributed by atoms with Gasteiger partial charge in [0.15, 0.2) is 5.78 Å². The van der Waals surface area contributed by atoms with Crippen molar-refractivity contribution in [3.05, 3.63) is 40.0 Å². The summed E-state index contributed by atoms with van der Waals surface area (Å²) in [4.78, 5) is 22.8. The summed E-state index contributed by atoms with van der Waals surface area (Å²) in [5.74, 6) is -0.357. The molecule has 19 heavy (non-hydrogen) atoms. The Bertz CT molecular complexity index is 525. The van der Waals surface area contributed by atoms with Gasteiger partial charge in [0, 0.05) is 12.0 Å². The minimum Gasteiger partial charge on any atom is -0.507 e. The smallest absolute Gasteiger partial charge is 0.350 e. The van der Waals surface area contributed by atoms with Crippen LogP contribution in [0.4, 0.5) is 0 Å². The zero-order chi connectivity index (χ0) is 14.4. The van der Waals surface area contributed by atoms with Gasteiger partial charge in [-0.15, -0.1) is 0 Å². The first-order valence-corrected chi connectivity index (χ1v) is 6.50. The maximum atomic E-state index is 11.6. The Morgan fingerprint density at radius 1 is 1.47 bits per heavy atom. The van der Waals surface area contributed by atoms with E-state index < -0.39 is 11.4 Å². The van der Waals surface area contributed by atoms with E-state index in [2.05, 4.69) is 19.1 Å². The zero-order valence-corrected chi connectivity index (χ0v) is 11.6. The molecule has 1 rings (SSSR count). The molecule has 0 saturated carbocycles. The number of Topliss-reactive ketones (excluding diaryl/α,β-unsaturated/α-hetero) is 1. The van der Waals surface area contributed by atoms with Crippen LogP contribution in [0.15, 0.2) is 27.4 Å². The van der Waals surface area contributed by atoms with Crippen molar-refractivity contribution in [2.75, 3.05) is 0 Å². The van der Waals surface area contributed by atoms with Crippen molar-refractivity contribution in [3.63, 3.8) is 0 Å². The van der Waals surface area contributed by atoms with E-state index in [9.17, 15) is 14.7 Å². The molecule has 0 radical (unpaired) electrons. The predicted molar refractivity (Wildman–Crippen MR) is 73.7 cm³/mol. The van der Waals surface area contributed by atoms with Crippen LogP contribution in [0, 0.1) is 0 Å². The number of rotatable bonds is 6. The standard InChI is InChI=1S/C15H20O4/c1-4-5-6-7-8-10(2)13-9-12(17)14(11(3)16)15(18)19-13/h5-6,9-10,17H,4,7-8H2,1-3H3/b6-5-. The van der Waals surface area contributed by atoms with Crippen molar-refractivity contribution < 1.29 is 14.3 Å². The highest BCUT2D eigenvalue weighted by Gasteiger charge is 2.17. The van der Waals surface area contributed by atoms with Gasteiger partial charge < -0.3 is 9.52 Å². The summed E-state index contributed by atoms with van der Waals surface area (Å²) in [6.07, 6.45) is 6.86. The van der Waals surface area contributed by atoms with Gasteiger partial charge in [0.05, 0.1) is 0 Å². The SMILES string of the molecule is CC/C=C\CCC(C)c1cc(O)c(C(C)=O)c(=O)o1. The summed E-state index contributed by atoms with van der Waals surface area (Å²) < 4.78 is 5.11. The second-order valence-corrected chi connectivity index (χ2v) is 4.61. The van der Waals surface area contributed by atoms with Crippen LogP contribution in [0.25, 0.3) is 0 Å². The number of carbonyl (C=O) groups is 1. The van der Waals surface area contributed by atoms with Gasteiger partial charge in [0.1, 0.15) is 17.1 Å². The Balaban J connectivity index is 2.88. The fourth-order valence-electron chi connectivity index (χ4n) is 1.84. The Labute approximate surface area is 112 Å². The van der Waals surface area contributed by atoms with E-state index in [0.717, 1.165) is 19.3 Å². The molecular weight excluding hydrogens is 244 g/mol. The highest BCUT2D eigenvalue weighted by molar-refractivity contribution is 5.96. The summed E-state index contributed by atoms with van der Waals surface area (Å²) in [6, 6.07) is 1.37. The molecule has 0 amide bonds. The van der Waals surface area contributed by atoms with Crippen LogP contribution in [0.1, 0.15) is 62.1 Å². The lowest BCUT2D eigenvalue weighted by Crippen LogP contribution is -2.13. The minimum absolute atomic E-state index is 0.0149. The lowest BCUT2D eigenvalue weighted by molar-refractivity contribution is 0.101. The molecule has 0 saturated heterocycles. The topological polar surface area (TPSA) is 67.5 Å². The molecular formula is C15H20O4. The van der Waals surface area contributed by atoms with Crippen LogP contribution in [0.5, 0.6) is 5.75 Å². The van der Waals surface area contributed by atoms with Crippen LogP contribution in [-0.4, -0.2) is 10.9 Å². The first-order valence-electron chi connectivity index (χ1n) is 6.50. The quantitative estimate of drug-likeness (QED) is 0.631. The second-order valence-electron chi connectivity index (χ2n) is 4.61. The van der Waals surface area contributed by atoms with Gasteiger partial charge in [-0.1, -0.05) is 26.0 Å². The molecule has 1 aromatic rings. The van der Waals surface area contributed by atoms with Crippen LogP contribution < -0.4 is 5.63 Å². The van der Waals surface area contributed by atoms with E-state index in [1.165, 1.54) is 13.0 Å². The number of ketones is 1. The maximum Gasteiger partial charge on any atom is 0.350 e. The van der Waals surface area contributed by atoms with Crippen LogP contribution in [0.3, 0.4) is 0 Å². The minimum atomic E-state index is -0.765. The molecule has 1 unspecified atom stereocenters. The Morgan fingerprint density at radius 3 is 2.68 bits per heavy atom. The summed E-state index contributed by atoms with van der Waals surface area (Å²) in [6.45, 7) is 5.22. The van der Waals surface area contributed by atoms with Gasteiger partial charge in [-0.05, 0) is 26.2 Å². The first kappa shape index (κ1) is 15.2. The van der Waals surface area contributed by atoms with Crippen LogP contribution in [-0.2, 0) is 0 Å². The zero-order valence-electron chi connectivity index (χ0n) is 11.6. The predicted octanol–water partition coefficient (Wildman–Crippen LogP) is 3.40. The Kier molecular flexibility index (Phi) is 5.55. The van der Waals surface area contributed by atoms with E-state index in [0.29, 0.717) is 5.76 Å². The van der Waals surface area contributed by atoms with E-state index in [1.807, 2.05) is 6.92 Å². The lowest BCUT2D eigenvalue weighted by atomic mass is 10.0. The second kappa shape index (κ2) is 6.92. The van der Waals surface area contributed by atoms with E-state index in [4.69, 9.17) is 4.42 Å². The molecule has 0 aliphatic carbocycles. The molecule has 0 aromatic carbocycles. The van der Waals surface area contributed by atoms with Crippen LogP contribution >= 0.6 is 0 Å². The third-order valence-electron chi connectivity index (χ3n) is 2.96. The third-order valence-corrected chi connectivity index (χ3v) is 2.96. The molecule has 0 spiro atoms. The third kappa shape index (κ3) is 4.09. The van der Waals surface area contributed by atoms with Crippen molar-refractivity contribution in [1.82, 2.24) is 0 Å². The fraction of sp³-hybridized carbons (Fsp3) is 0.467. The van der Waals surface area contributed by atoms with Crippen molar-refractivity contribution in [2.24, 2.45) is 0 Å². The van der Waals surface area contributed by atoms with Crippen LogP contribution in [0.2, 0.25) is 0 Å². The highest BCUT2D eigenvalue weighted by Crippen LogP contribution is 2.24. The molecule has 0 aliphatic heterocycles. The van der Waals surface area contributed by atoms with Gasteiger partial charge in [-0.25, -0.2) is 4.79 Å². The number of hydrogen-bond donors (Lipinski definition) is 1. The number of allylic oxidation sites excluding steroid dienone is 2. The van der Waals surface area contributed by atoms with Crippen molar-refractivity contribution in [3.8, 4) is 5.75 Å². The Hall–Kier alpha value is -1.84. The average Bonchev–Trinajstić information content (AvgIpc) is 2.33. The summed E-state index contributed by atoms with van der Waals surface area (Å²) in [5, 5.41) is 9.71. The van der Waals surface area contributed by atoms with E-state index in [1.54, 1.807) is 0 Å². The maximum absolute atomic E-state index is 11.6. The van der Waals surface area contributed by atoms with Gasteiger partial charge in [-0.3, -0.25) is 4.79 Å². The first-order chi connectivity index (χ1) is 8.97. The van der Waals surface area contributed by atoms with Crippen molar-refractivity contribution >= 4 is 5.78 Å². The van der Waals surface area contributed by atoms with Gasteiger partial charge >= 0.3 is 5.63 Å². The summed E-state index contributed by atoms with van der Waals surface area (Å²) in [7, 11) is 0. The van der Waals surface area contributed by atoms with E-state index >= 15 is 0 Å². The summed E-state index contributed by atoms with van der Waals surface area (Å²) in [5.41, 5.74) is -1.04. The molecule has 0 bridgehead atoms. The fourth-order valence-corrected chi connectivity index (χ4v) is 1.84. The number of carbonyl (C=O) groups excluding carboxylic acids is 1. The monoisotopic (exact) mass is 264 g/mol. The molecule has 4 heteroatoms. The van der Waals surface area contributed by atoms with Gasteiger partial charge in [-0.2, -0.15) is 0 Å². The normalized spacial score (nSPS) is 12.8. The molecule has 1 N–H and O–H groups in total. The van der Waals surface area contributed by atoms with Gasteiger partial charge in [0.25, 0.3) is 0 Å². The molecule has 1 atom stereocenters. The van der Waals surface area contributed by atoms with Gasteiger partial charge in [0.2, 0.25) is 0 Å². The number of aromatic hydroxyl groups is 1. The van der Waals surface area contributed by atoms with Crippen molar-refractivity contribution in [2.45, 2.75) is 46.0 Å². The molecule has 1 heterocycles. The highest BCUT2D eigenvalue weighted by atomic mass is 16.4. The molecule has 104 valence electrons. The molecule has 1 aromatic heterocycles.